The number of benzene rings is 1. The van der Waals surface area contributed by atoms with E-state index in [0.29, 0.717) is 12.1 Å². The van der Waals surface area contributed by atoms with Gasteiger partial charge in [-0.25, -0.2) is 4.99 Å². The van der Waals surface area contributed by atoms with Gasteiger partial charge < -0.3 is 10.2 Å². The van der Waals surface area contributed by atoms with Gasteiger partial charge in [0.2, 0.25) is 0 Å². The zero-order valence-electron chi connectivity index (χ0n) is 18.4. The van der Waals surface area contributed by atoms with Gasteiger partial charge in [0.05, 0.1) is 24.1 Å². The van der Waals surface area contributed by atoms with Gasteiger partial charge in [-0.3, -0.25) is 19.5 Å². The van der Waals surface area contributed by atoms with Gasteiger partial charge in [0, 0.05) is 43.8 Å². The molecule has 0 spiro atoms. The van der Waals surface area contributed by atoms with Crippen molar-refractivity contribution in [1.29, 1.82) is 0 Å². The Bertz CT molecular complexity index is 1240. The summed E-state index contributed by atoms with van der Waals surface area (Å²) in [5.74, 6) is 0.788. The maximum Gasteiger partial charge on any atom is 0.253 e. The molecule has 1 amide bonds. The van der Waals surface area contributed by atoms with Crippen LogP contribution in [0.1, 0.15) is 21.6 Å². The van der Waals surface area contributed by atoms with E-state index in [4.69, 9.17) is 4.99 Å². The zero-order valence-corrected chi connectivity index (χ0v) is 18.4. The highest BCUT2D eigenvalue weighted by Crippen LogP contribution is 2.25. The summed E-state index contributed by atoms with van der Waals surface area (Å²) in [7, 11) is 3.49. The van der Waals surface area contributed by atoms with Crippen LogP contribution in [0.4, 0.5) is 5.69 Å². The number of pyridine rings is 1. The number of nitrogens with one attached hydrogen (secondary N) is 2. The predicted molar refractivity (Wildman–Crippen MR) is 127 cm³/mol. The number of hydrogen-bond acceptors (Lipinski definition) is 7. The Balaban J connectivity index is 1.29. The minimum absolute atomic E-state index is 0.0200. The van der Waals surface area contributed by atoms with Gasteiger partial charge in [-0.05, 0) is 42.0 Å². The lowest BCUT2D eigenvalue weighted by Gasteiger charge is -2.21. The Morgan fingerprint density at radius 3 is 2.79 bits per heavy atom. The maximum atomic E-state index is 12.2. The second kappa shape index (κ2) is 8.71. The van der Waals surface area contributed by atoms with E-state index < -0.39 is 0 Å². The summed E-state index contributed by atoms with van der Waals surface area (Å²) < 4.78 is 1.84. The molecule has 5 rings (SSSR count). The number of carbonyl (C=O) groups excluding carboxylic acids is 1. The SMILES string of the molecule is CN(C)C(=O)c1ccc(C2=CC=CN3NC(Nc4cnn(Cc5ccccn5)c4)N=C23)cc1. The lowest BCUT2D eigenvalue weighted by molar-refractivity contribution is 0.0827. The average molecular weight is 441 g/mol. The van der Waals surface area contributed by atoms with Crippen LogP contribution >= 0.6 is 0 Å². The first-order valence-electron chi connectivity index (χ1n) is 10.6. The number of anilines is 1. The monoisotopic (exact) mass is 440 g/mol. The number of nitrogens with zero attached hydrogens (tertiary/aromatic N) is 6. The van der Waals surface area contributed by atoms with Crippen LogP contribution in [0.15, 0.2) is 84.4 Å². The minimum atomic E-state index is -0.340. The number of hydrogen-bond donors (Lipinski definition) is 2. The number of amides is 1. The topological polar surface area (TPSA) is 90.7 Å². The Kier molecular flexibility index (Phi) is 5.45. The van der Waals surface area contributed by atoms with Gasteiger partial charge in [0.1, 0.15) is 0 Å². The van der Waals surface area contributed by atoms with Gasteiger partial charge in [0.15, 0.2) is 12.1 Å². The molecule has 33 heavy (non-hydrogen) atoms. The van der Waals surface area contributed by atoms with Crippen LogP contribution in [0.25, 0.3) is 5.57 Å². The zero-order chi connectivity index (χ0) is 22.8. The van der Waals surface area contributed by atoms with Gasteiger partial charge in [0.25, 0.3) is 5.91 Å². The molecular formula is C24H24N8O. The van der Waals surface area contributed by atoms with E-state index in [1.165, 1.54) is 0 Å². The Morgan fingerprint density at radius 1 is 1.18 bits per heavy atom. The third kappa shape index (κ3) is 4.39. The molecule has 0 bridgehead atoms. The average Bonchev–Trinajstić information content (AvgIpc) is 3.45. The van der Waals surface area contributed by atoms with Crippen LogP contribution in [0.3, 0.4) is 0 Å². The Morgan fingerprint density at radius 2 is 2.03 bits per heavy atom. The fraction of sp³-hybridized carbons (Fsp3) is 0.167. The summed E-state index contributed by atoms with van der Waals surface area (Å²) in [5.41, 5.74) is 7.75. The first-order chi connectivity index (χ1) is 16.1. The van der Waals surface area contributed by atoms with Crippen molar-refractivity contribution in [3.05, 3.63) is 96.2 Å². The van der Waals surface area contributed by atoms with Crippen LogP contribution in [-0.2, 0) is 6.54 Å². The second-order valence-electron chi connectivity index (χ2n) is 7.95. The van der Waals surface area contributed by atoms with E-state index in [1.54, 1.807) is 31.4 Å². The molecular weight excluding hydrogens is 416 g/mol. The third-order valence-corrected chi connectivity index (χ3v) is 5.32. The molecule has 166 valence electrons. The van der Waals surface area contributed by atoms with Crippen molar-refractivity contribution in [1.82, 2.24) is 30.1 Å². The van der Waals surface area contributed by atoms with Crippen LogP contribution < -0.4 is 10.7 Å². The molecule has 4 heterocycles. The quantitative estimate of drug-likeness (QED) is 0.612. The molecule has 0 saturated heterocycles. The number of allylic oxidation sites excluding steroid dienone is 2. The second-order valence-corrected chi connectivity index (χ2v) is 7.95. The summed E-state index contributed by atoms with van der Waals surface area (Å²) in [6, 6.07) is 13.4. The molecule has 0 fully saturated rings. The van der Waals surface area contributed by atoms with E-state index in [2.05, 4.69) is 20.8 Å². The van der Waals surface area contributed by atoms with Crippen molar-refractivity contribution < 1.29 is 4.79 Å². The molecule has 0 aliphatic carbocycles. The van der Waals surface area contributed by atoms with E-state index in [-0.39, 0.29) is 12.2 Å². The number of carbonyl (C=O) groups is 1. The van der Waals surface area contributed by atoms with Crippen LogP contribution in [0.2, 0.25) is 0 Å². The smallest absolute Gasteiger partial charge is 0.253 e. The molecule has 2 aliphatic rings. The standard InChI is InChI=1S/C24H24N8O/c1-30(2)23(33)18-10-8-17(9-11-18)21-7-5-13-32-22(21)28-24(29-32)27-20-14-26-31(16-20)15-19-6-3-4-12-25-19/h3-14,16,24,27,29H,15H2,1-2H3. The summed E-state index contributed by atoms with van der Waals surface area (Å²) in [6.07, 6.45) is 11.1. The molecule has 1 unspecified atom stereocenters. The van der Waals surface area contributed by atoms with Crippen LogP contribution in [0.5, 0.6) is 0 Å². The number of hydrazine groups is 1. The Labute approximate surface area is 191 Å². The van der Waals surface area contributed by atoms with E-state index >= 15 is 0 Å². The van der Waals surface area contributed by atoms with Crippen molar-refractivity contribution in [3.8, 4) is 0 Å². The summed E-state index contributed by atoms with van der Waals surface area (Å²) in [6.45, 7) is 0.600. The van der Waals surface area contributed by atoms with E-state index in [1.807, 2.05) is 76.7 Å². The molecule has 9 nitrogen and oxygen atoms in total. The molecule has 9 heteroatoms. The fourth-order valence-corrected chi connectivity index (χ4v) is 3.70. The molecule has 2 aliphatic heterocycles. The summed E-state index contributed by atoms with van der Waals surface area (Å²) in [5, 5.41) is 9.66. The van der Waals surface area contributed by atoms with Gasteiger partial charge in [-0.2, -0.15) is 10.5 Å². The maximum absolute atomic E-state index is 12.2. The highest BCUT2D eigenvalue weighted by Gasteiger charge is 2.28. The van der Waals surface area contributed by atoms with Crippen molar-refractivity contribution in [3.63, 3.8) is 0 Å². The van der Waals surface area contributed by atoms with Gasteiger partial charge >= 0.3 is 0 Å². The van der Waals surface area contributed by atoms with Crippen molar-refractivity contribution in [2.45, 2.75) is 12.8 Å². The van der Waals surface area contributed by atoms with Gasteiger partial charge in [-0.1, -0.05) is 18.2 Å². The lowest BCUT2D eigenvalue weighted by Crippen LogP contribution is -2.40. The molecule has 2 aromatic heterocycles. The fourth-order valence-electron chi connectivity index (χ4n) is 3.70. The van der Waals surface area contributed by atoms with Gasteiger partial charge in [-0.15, -0.1) is 0 Å². The predicted octanol–water partition coefficient (Wildman–Crippen LogP) is 2.55. The highest BCUT2D eigenvalue weighted by molar-refractivity contribution is 6.24. The van der Waals surface area contributed by atoms with Crippen molar-refractivity contribution in [2.24, 2.45) is 4.99 Å². The molecule has 0 saturated carbocycles. The first-order valence-corrected chi connectivity index (χ1v) is 10.6. The summed E-state index contributed by atoms with van der Waals surface area (Å²) >= 11 is 0. The van der Waals surface area contributed by atoms with Crippen molar-refractivity contribution >= 4 is 23.0 Å². The number of rotatable bonds is 6. The highest BCUT2D eigenvalue weighted by atomic mass is 16.2. The van der Waals surface area contributed by atoms with E-state index in [0.717, 1.165) is 28.4 Å². The third-order valence-electron chi connectivity index (χ3n) is 5.32. The lowest BCUT2D eigenvalue weighted by atomic mass is 10.0. The summed E-state index contributed by atoms with van der Waals surface area (Å²) in [4.78, 5) is 22.9. The first kappa shape index (κ1) is 20.7. The van der Waals surface area contributed by atoms with Crippen LogP contribution in [0, 0.1) is 0 Å². The van der Waals surface area contributed by atoms with E-state index in [9.17, 15) is 4.79 Å². The molecule has 0 radical (unpaired) electrons. The molecule has 3 aromatic rings. The number of aliphatic imine (C=N–C) groups is 1. The number of fused-ring (bicyclic) bond motifs is 1. The minimum Gasteiger partial charge on any atom is -0.348 e. The number of aromatic nitrogens is 3. The largest absolute Gasteiger partial charge is 0.348 e. The number of amidine groups is 1. The Hall–Kier alpha value is -4.24. The molecule has 2 N–H and O–H groups in total. The molecule has 1 atom stereocenters. The van der Waals surface area contributed by atoms with Crippen molar-refractivity contribution in [2.75, 3.05) is 19.4 Å². The normalized spacial score (nSPS) is 16.8. The molecule has 1 aromatic carbocycles. The van der Waals surface area contributed by atoms with Crippen LogP contribution in [-0.4, -0.2) is 56.8 Å².